The lowest BCUT2D eigenvalue weighted by Crippen LogP contribution is -2.41. The molecule has 0 aliphatic carbocycles. The zero-order chi connectivity index (χ0) is 73.1. The van der Waals surface area contributed by atoms with E-state index in [9.17, 15) is 0 Å². The molecule has 12 aromatic carbocycles. The minimum Gasteiger partial charge on any atom is -0.399 e. The summed E-state index contributed by atoms with van der Waals surface area (Å²) in [6.07, 6.45) is 0. The fraction of sp³-hybridized carbons (Fsp3) is 0.0652. The third kappa shape index (κ3) is 14.3. The van der Waals surface area contributed by atoms with Gasteiger partial charge >= 0.3 is 7.12 Å². The summed E-state index contributed by atoms with van der Waals surface area (Å²) in [7, 11) is -0.426. The van der Waals surface area contributed by atoms with Crippen LogP contribution in [0, 0.1) is 0 Å². The molecule has 6 aromatic heterocycles. The normalized spacial score (nSPS) is 12.9. The molecule has 0 N–H and O–H groups in total. The first-order valence-electron chi connectivity index (χ1n) is 35.6. The van der Waals surface area contributed by atoms with Gasteiger partial charge in [-0.15, -0.1) is 22.7 Å². The van der Waals surface area contributed by atoms with E-state index in [0.29, 0.717) is 40.8 Å². The molecule has 0 bridgehead atoms. The van der Waals surface area contributed by atoms with Gasteiger partial charge in [-0.05, 0) is 91.3 Å². The van der Waals surface area contributed by atoms with Crippen LogP contribution >= 0.6 is 34.3 Å². The second-order valence-electron chi connectivity index (χ2n) is 27.0. The predicted octanol–water partition coefficient (Wildman–Crippen LogP) is 23.0. The van der Waals surface area contributed by atoms with Crippen LogP contribution in [0.4, 0.5) is 0 Å². The maximum atomic E-state index is 6.37. The first kappa shape index (κ1) is 68.6. The summed E-state index contributed by atoms with van der Waals surface area (Å²) in [6, 6.07) is 111. The van der Waals surface area contributed by atoms with E-state index in [1.807, 2.05) is 146 Å². The SMILES string of the molecule is CC1(C)OB(c2ccc3sc4c(-c5ccccc5)nc(-c5ccc(-c6ccccc6)cc5)nc4c3c2)OC1(C)C.Clc1nc(-c2ccccc2)nc(-c2ccccc2)n1.c1ccc(-c2ccc(-c3nc(-c4ccccc4)c4sc5ccc(-c6nc(-c7ccccc7)nc(-c7ccccc7)n6)cc5c4n3)cc2)cc1. The highest BCUT2D eigenvalue weighted by Crippen LogP contribution is 2.44. The minimum absolute atomic E-state index is 0.202. The van der Waals surface area contributed by atoms with Crippen LogP contribution in [0.15, 0.2) is 328 Å². The van der Waals surface area contributed by atoms with Gasteiger partial charge in [0.1, 0.15) is 0 Å². The summed E-state index contributed by atoms with van der Waals surface area (Å²) in [6.45, 7) is 8.33. The predicted molar refractivity (Wildman–Crippen MR) is 444 cm³/mol. The van der Waals surface area contributed by atoms with Gasteiger partial charge in [0.25, 0.3) is 0 Å². The first-order valence-corrected chi connectivity index (χ1v) is 37.6. The highest BCUT2D eigenvalue weighted by Gasteiger charge is 2.52. The van der Waals surface area contributed by atoms with E-state index < -0.39 is 18.3 Å². The lowest BCUT2D eigenvalue weighted by Gasteiger charge is -2.32. The molecule has 1 saturated heterocycles. The van der Waals surface area contributed by atoms with E-state index in [1.165, 1.54) is 21.4 Å². The number of halogens is 1. The Morgan fingerprint density at radius 1 is 0.259 bits per heavy atom. The molecule has 0 amide bonds. The molecule has 0 saturated carbocycles. The van der Waals surface area contributed by atoms with Gasteiger partial charge in [0.2, 0.25) is 5.28 Å². The zero-order valence-corrected chi connectivity index (χ0v) is 61.6. The molecule has 0 radical (unpaired) electrons. The number of hydrogen-bond acceptors (Lipinski definition) is 14. The number of hydrogen-bond donors (Lipinski definition) is 0. The fourth-order valence-corrected chi connectivity index (χ4v) is 15.4. The van der Waals surface area contributed by atoms with Crippen LogP contribution in [0.25, 0.3) is 165 Å². The molecule has 16 heteroatoms. The van der Waals surface area contributed by atoms with Crippen LogP contribution in [0.3, 0.4) is 0 Å². The highest BCUT2D eigenvalue weighted by molar-refractivity contribution is 7.26. The van der Waals surface area contributed by atoms with Crippen LogP contribution in [-0.4, -0.2) is 68.2 Å². The Morgan fingerprint density at radius 2 is 0.519 bits per heavy atom. The molecule has 1 fully saturated rings. The molecule has 1 aliphatic rings. The molecule has 12 nitrogen and oxygen atoms in total. The number of rotatable bonds is 12. The standard InChI is InChI=1S/C43H27N5S.C34H29BN2O2S.C15H10ClN3/c1-5-13-28(14-6-1)29-21-23-33(24-22-29)40-44-37(30-15-7-2-8-16-30)39-38(45-40)35-27-34(25-26-36(35)49-39)43-47-41(31-17-9-3-10-18-31)46-42(48-43)32-19-11-4-12-20-32;1-33(2)34(3,4)39-35(38-33)26-19-20-28-27(21-26)30-31(40-28)29(24-13-9-6-10-14-24)36-32(37-30)25-17-15-23(16-18-25)22-11-7-5-8-12-22;16-15-18-13(11-7-3-1-4-8-11)17-14(19-15)12-9-5-2-6-10-12/h1-27H;5-21H,1-4H3;1-10H. The Labute approximate surface area is 638 Å². The summed E-state index contributed by atoms with van der Waals surface area (Å²) in [5.41, 5.74) is 17.3. The molecule has 18 aromatic rings. The maximum Gasteiger partial charge on any atom is 0.494 e. The Balaban J connectivity index is 0.000000129. The number of nitrogens with zero attached hydrogens (tertiary/aromatic N) is 10. The third-order valence-electron chi connectivity index (χ3n) is 19.4. The third-order valence-corrected chi connectivity index (χ3v) is 21.9. The van der Waals surface area contributed by atoms with Gasteiger partial charge in [-0.2, -0.15) is 9.97 Å². The average molecular weight is 1450 g/mol. The van der Waals surface area contributed by atoms with Crippen molar-refractivity contribution in [3.63, 3.8) is 0 Å². The van der Waals surface area contributed by atoms with E-state index in [-0.39, 0.29) is 5.28 Å². The van der Waals surface area contributed by atoms with Crippen LogP contribution in [0.5, 0.6) is 0 Å². The smallest absolute Gasteiger partial charge is 0.399 e. The molecule has 7 heterocycles. The van der Waals surface area contributed by atoms with Gasteiger partial charge in [-0.1, -0.05) is 303 Å². The summed E-state index contributed by atoms with van der Waals surface area (Å²) in [5.74, 6) is 4.45. The van der Waals surface area contributed by atoms with Gasteiger partial charge < -0.3 is 9.31 Å². The van der Waals surface area contributed by atoms with Crippen molar-refractivity contribution in [2.24, 2.45) is 0 Å². The maximum absolute atomic E-state index is 6.37. The monoisotopic (exact) mass is 1450 g/mol. The molecular formula is C92H66BClN10O2S2. The van der Waals surface area contributed by atoms with Crippen molar-refractivity contribution in [2.45, 2.75) is 38.9 Å². The fourth-order valence-electron chi connectivity index (χ4n) is 13.0. The van der Waals surface area contributed by atoms with Crippen LogP contribution in [0.1, 0.15) is 27.7 Å². The van der Waals surface area contributed by atoms with Crippen LogP contribution in [-0.2, 0) is 9.31 Å². The van der Waals surface area contributed by atoms with Crippen LogP contribution < -0.4 is 5.46 Å². The number of fused-ring (bicyclic) bond motifs is 6. The molecular weight excluding hydrogens is 1390 g/mol. The van der Waals surface area contributed by atoms with Crippen molar-refractivity contribution >= 4 is 87.5 Å². The van der Waals surface area contributed by atoms with E-state index in [4.69, 9.17) is 55.8 Å². The Hall–Kier alpha value is -12.5. The molecule has 0 unspecified atom stereocenters. The summed E-state index contributed by atoms with van der Waals surface area (Å²) in [4.78, 5) is 48.4. The molecule has 1 aliphatic heterocycles. The summed E-state index contributed by atoms with van der Waals surface area (Å²) >= 11 is 9.43. The average Bonchev–Trinajstić information content (AvgIpc) is 1.59. The second-order valence-corrected chi connectivity index (χ2v) is 29.5. The van der Waals surface area contributed by atoms with Crippen molar-refractivity contribution < 1.29 is 9.31 Å². The number of aromatic nitrogens is 10. The largest absolute Gasteiger partial charge is 0.494 e. The van der Waals surface area contributed by atoms with Crippen LogP contribution in [0.2, 0.25) is 5.28 Å². The van der Waals surface area contributed by atoms with E-state index in [2.05, 4.69) is 225 Å². The summed E-state index contributed by atoms with van der Waals surface area (Å²) in [5, 5.41) is 2.34. The summed E-state index contributed by atoms with van der Waals surface area (Å²) < 4.78 is 17.2. The van der Waals surface area contributed by atoms with Gasteiger partial charge in [-0.3, -0.25) is 0 Å². The van der Waals surface area contributed by atoms with E-state index in [1.54, 1.807) is 22.7 Å². The first-order chi connectivity index (χ1) is 52.9. The Kier molecular flexibility index (Phi) is 19.0. The highest BCUT2D eigenvalue weighted by atomic mass is 35.5. The van der Waals surface area contributed by atoms with E-state index >= 15 is 0 Å². The quantitative estimate of drug-likeness (QED) is 0.107. The topological polar surface area (TPSA) is 147 Å². The Morgan fingerprint density at radius 3 is 0.880 bits per heavy atom. The second kappa shape index (κ2) is 29.8. The van der Waals surface area contributed by atoms with E-state index in [0.717, 1.165) is 108 Å². The van der Waals surface area contributed by atoms with Crippen molar-refractivity contribution in [3.05, 3.63) is 333 Å². The van der Waals surface area contributed by atoms with Crippen molar-refractivity contribution in [1.82, 2.24) is 49.8 Å². The Bertz CT molecular complexity index is 6100. The number of thiophene rings is 2. The van der Waals surface area contributed by atoms with Gasteiger partial charge in [0, 0.05) is 70.2 Å². The molecule has 19 rings (SSSR count). The van der Waals surface area contributed by atoms with Gasteiger partial charge in [0.05, 0.1) is 43.0 Å². The lowest BCUT2D eigenvalue weighted by atomic mass is 9.78. The number of benzene rings is 12. The minimum atomic E-state index is -0.426. The van der Waals surface area contributed by atoms with Gasteiger partial charge in [-0.25, -0.2) is 39.9 Å². The molecule has 0 spiro atoms. The molecule has 108 heavy (non-hydrogen) atoms. The zero-order valence-electron chi connectivity index (χ0n) is 59.2. The van der Waals surface area contributed by atoms with Crippen molar-refractivity contribution in [2.75, 3.05) is 0 Å². The van der Waals surface area contributed by atoms with Crippen molar-refractivity contribution in [3.8, 4) is 124 Å². The lowest BCUT2D eigenvalue weighted by molar-refractivity contribution is 0.00578. The van der Waals surface area contributed by atoms with Crippen molar-refractivity contribution in [1.29, 1.82) is 0 Å². The van der Waals surface area contributed by atoms with Gasteiger partial charge in [0.15, 0.2) is 40.8 Å². The molecule has 518 valence electrons. The molecule has 0 atom stereocenters.